The third kappa shape index (κ3) is 6.92. The molecule has 0 spiro atoms. The van der Waals surface area contributed by atoms with Crippen molar-refractivity contribution in [2.75, 3.05) is 0 Å². The van der Waals surface area contributed by atoms with Crippen molar-refractivity contribution in [2.24, 2.45) is 17.4 Å². The largest absolute Gasteiger partial charge is 0.459 e. The Morgan fingerprint density at radius 1 is 1.21 bits per heavy atom. The van der Waals surface area contributed by atoms with Gasteiger partial charge in [-0.1, -0.05) is 32.1 Å². The fourth-order valence-corrected chi connectivity index (χ4v) is 2.75. The van der Waals surface area contributed by atoms with Gasteiger partial charge in [-0.15, -0.1) is 0 Å². The van der Waals surface area contributed by atoms with E-state index in [-0.39, 0.29) is 12.0 Å². The molecule has 0 aromatic rings. The van der Waals surface area contributed by atoms with Gasteiger partial charge in [-0.2, -0.15) is 0 Å². The van der Waals surface area contributed by atoms with Crippen molar-refractivity contribution in [3.63, 3.8) is 0 Å². The van der Waals surface area contributed by atoms with Crippen molar-refractivity contribution in [3.8, 4) is 0 Å². The van der Waals surface area contributed by atoms with Crippen LogP contribution in [0.2, 0.25) is 0 Å². The molecule has 1 unspecified atom stereocenters. The van der Waals surface area contributed by atoms with E-state index in [1.807, 2.05) is 20.8 Å². The van der Waals surface area contributed by atoms with Gasteiger partial charge in [-0.05, 0) is 39.5 Å². The van der Waals surface area contributed by atoms with Crippen molar-refractivity contribution >= 4 is 5.97 Å². The smallest absolute Gasteiger partial charge is 0.323 e. The fourth-order valence-electron chi connectivity index (χ4n) is 2.75. The van der Waals surface area contributed by atoms with Gasteiger partial charge < -0.3 is 16.2 Å². The first kappa shape index (κ1) is 16.4. The maximum absolute atomic E-state index is 11.8. The highest BCUT2D eigenvalue weighted by Gasteiger charge is 2.25. The Labute approximate surface area is 117 Å². The summed E-state index contributed by atoms with van der Waals surface area (Å²) in [6.07, 6.45) is 8.03. The number of ether oxygens (including phenoxy) is 1. The van der Waals surface area contributed by atoms with Gasteiger partial charge >= 0.3 is 5.97 Å². The quantitative estimate of drug-likeness (QED) is 0.752. The van der Waals surface area contributed by atoms with Crippen LogP contribution in [0.25, 0.3) is 0 Å². The first-order chi connectivity index (χ1) is 8.78. The number of hydrogen-bond donors (Lipinski definition) is 2. The van der Waals surface area contributed by atoms with E-state index >= 15 is 0 Å². The summed E-state index contributed by atoms with van der Waals surface area (Å²) in [6, 6.07) is -0.594. The highest BCUT2D eigenvalue weighted by molar-refractivity contribution is 5.75. The number of carbonyl (C=O) groups is 1. The summed E-state index contributed by atoms with van der Waals surface area (Å²) >= 11 is 0. The predicted octanol–water partition coefficient (Wildman–Crippen LogP) is 2.34. The molecule has 0 radical (unpaired) electrons. The SMILES string of the molecule is CC(C)(C)OC(=O)[C@@H](N)CC(N)CC1CCCCC1. The van der Waals surface area contributed by atoms with Gasteiger partial charge in [0.15, 0.2) is 0 Å². The fraction of sp³-hybridized carbons (Fsp3) is 0.933. The molecule has 2 atom stereocenters. The Morgan fingerprint density at radius 2 is 1.79 bits per heavy atom. The zero-order chi connectivity index (χ0) is 14.5. The average Bonchev–Trinajstić information content (AvgIpc) is 2.27. The molecular weight excluding hydrogens is 240 g/mol. The summed E-state index contributed by atoms with van der Waals surface area (Å²) in [5.74, 6) is 0.376. The molecule has 1 saturated carbocycles. The van der Waals surface area contributed by atoms with Gasteiger partial charge in [-0.3, -0.25) is 4.79 Å². The van der Waals surface area contributed by atoms with E-state index in [1.54, 1.807) is 0 Å². The molecular formula is C15H30N2O2. The molecule has 0 saturated heterocycles. The van der Waals surface area contributed by atoms with Gasteiger partial charge in [0.25, 0.3) is 0 Å². The molecule has 4 nitrogen and oxygen atoms in total. The van der Waals surface area contributed by atoms with E-state index in [0.717, 1.165) is 12.3 Å². The zero-order valence-electron chi connectivity index (χ0n) is 12.7. The van der Waals surface area contributed by atoms with Gasteiger partial charge in [-0.25, -0.2) is 0 Å². The van der Waals surface area contributed by atoms with Crippen molar-refractivity contribution in [3.05, 3.63) is 0 Å². The Hall–Kier alpha value is -0.610. The van der Waals surface area contributed by atoms with Crippen LogP contribution in [-0.2, 0) is 9.53 Å². The average molecular weight is 270 g/mol. The summed E-state index contributed by atoms with van der Waals surface area (Å²) in [4.78, 5) is 11.8. The van der Waals surface area contributed by atoms with Crippen molar-refractivity contribution in [1.82, 2.24) is 0 Å². The van der Waals surface area contributed by atoms with E-state index in [4.69, 9.17) is 16.2 Å². The van der Waals surface area contributed by atoms with Crippen LogP contribution in [0.1, 0.15) is 65.7 Å². The molecule has 0 aromatic carbocycles. The lowest BCUT2D eigenvalue weighted by Gasteiger charge is -2.26. The van der Waals surface area contributed by atoms with Crippen molar-refractivity contribution in [1.29, 1.82) is 0 Å². The van der Waals surface area contributed by atoms with E-state index in [9.17, 15) is 4.79 Å². The molecule has 1 aliphatic rings. The summed E-state index contributed by atoms with van der Waals surface area (Å²) in [5, 5.41) is 0. The van der Waals surface area contributed by atoms with Crippen LogP contribution in [0, 0.1) is 5.92 Å². The van der Waals surface area contributed by atoms with Gasteiger partial charge in [0.2, 0.25) is 0 Å². The van der Waals surface area contributed by atoms with Crippen LogP contribution >= 0.6 is 0 Å². The minimum atomic E-state index is -0.599. The standard InChI is InChI=1S/C15H30N2O2/c1-15(2,3)19-14(18)13(17)10-12(16)9-11-7-5-4-6-8-11/h11-13H,4-10,16-17H2,1-3H3/t12?,13-/m0/s1. The van der Waals surface area contributed by atoms with Crippen LogP contribution in [0.5, 0.6) is 0 Å². The van der Waals surface area contributed by atoms with Gasteiger partial charge in [0, 0.05) is 6.04 Å². The summed E-state index contributed by atoms with van der Waals surface area (Å²) in [5.41, 5.74) is 11.5. The second kappa shape index (κ2) is 7.25. The molecule has 1 fully saturated rings. The molecule has 112 valence electrons. The predicted molar refractivity (Wildman–Crippen MR) is 77.6 cm³/mol. The minimum Gasteiger partial charge on any atom is -0.459 e. The number of carbonyl (C=O) groups excluding carboxylic acids is 1. The minimum absolute atomic E-state index is 0.00520. The second-order valence-corrected chi connectivity index (χ2v) is 6.88. The van der Waals surface area contributed by atoms with E-state index < -0.39 is 11.6 Å². The molecule has 19 heavy (non-hydrogen) atoms. The number of esters is 1. The molecule has 4 heteroatoms. The van der Waals surface area contributed by atoms with E-state index in [0.29, 0.717) is 6.42 Å². The van der Waals surface area contributed by atoms with Crippen LogP contribution in [0.3, 0.4) is 0 Å². The first-order valence-corrected chi connectivity index (χ1v) is 7.52. The third-order valence-electron chi connectivity index (χ3n) is 3.63. The highest BCUT2D eigenvalue weighted by Crippen LogP contribution is 2.27. The highest BCUT2D eigenvalue weighted by atomic mass is 16.6. The topological polar surface area (TPSA) is 78.3 Å². The number of nitrogens with two attached hydrogens (primary N) is 2. The summed E-state index contributed by atoms with van der Waals surface area (Å²) < 4.78 is 5.27. The van der Waals surface area contributed by atoms with Gasteiger partial charge in [0.05, 0.1) is 0 Å². The van der Waals surface area contributed by atoms with Crippen LogP contribution in [0.15, 0.2) is 0 Å². The molecule has 1 aliphatic carbocycles. The maximum Gasteiger partial charge on any atom is 0.323 e. The summed E-state index contributed by atoms with van der Waals surface area (Å²) in [7, 11) is 0. The van der Waals surface area contributed by atoms with Crippen molar-refractivity contribution < 1.29 is 9.53 Å². The molecule has 1 rings (SSSR count). The molecule has 0 bridgehead atoms. The number of rotatable bonds is 5. The molecule has 0 heterocycles. The molecule has 0 aliphatic heterocycles. The zero-order valence-corrected chi connectivity index (χ0v) is 12.7. The molecule has 0 amide bonds. The molecule has 0 aromatic heterocycles. The van der Waals surface area contributed by atoms with Crippen molar-refractivity contribution in [2.45, 2.75) is 83.4 Å². The lowest BCUT2D eigenvalue weighted by molar-refractivity contribution is -0.156. The molecule has 4 N–H and O–H groups in total. The lowest BCUT2D eigenvalue weighted by Crippen LogP contribution is -2.42. The summed E-state index contributed by atoms with van der Waals surface area (Å²) in [6.45, 7) is 5.54. The normalized spacial score (nSPS) is 20.9. The maximum atomic E-state index is 11.8. The number of hydrogen-bond acceptors (Lipinski definition) is 4. The van der Waals surface area contributed by atoms with E-state index in [1.165, 1.54) is 32.1 Å². The monoisotopic (exact) mass is 270 g/mol. The Bertz CT molecular complexity index is 280. The first-order valence-electron chi connectivity index (χ1n) is 7.52. The van der Waals surface area contributed by atoms with Crippen LogP contribution in [0.4, 0.5) is 0 Å². The van der Waals surface area contributed by atoms with Crippen LogP contribution < -0.4 is 11.5 Å². The Balaban J connectivity index is 2.30. The van der Waals surface area contributed by atoms with Crippen LogP contribution in [-0.4, -0.2) is 23.7 Å². The van der Waals surface area contributed by atoms with Gasteiger partial charge in [0.1, 0.15) is 11.6 Å². The Morgan fingerprint density at radius 3 is 2.32 bits per heavy atom. The van der Waals surface area contributed by atoms with E-state index in [2.05, 4.69) is 0 Å². The second-order valence-electron chi connectivity index (χ2n) is 6.88. The Kier molecular flexibility index (Phi) is 6.27. The third-order valence-corrected chi connectivity index (χ3v) is 3.63. The lowest BCUT2D eigenvalue weighted by atomic mass is 9.84.